The molecule has 1 aromatic heterocycles. The van der Waals surface area contributed by atoms with E-state index in [-0.39, 0.29) is 5.91 Å². The molecule has 0 bridgehead atoms. The zero-order valence-electron chi connectivity index (χ0n) is 16.1. The Hall–Kier alpha value is -2.93. The Morgan fingerprint density at radius 2 is 1.89 bits per heavy atom. The maximum absolute atomic E-state index is 12.6. The number of methoxy groups -OCH3 is 1. The van der Waals surface area contributed by atoms with Crippen LogP contribution in [0.3, 0.4) is 0 Å². The van der Waals surface area contributed by atoms with Crippen molar-refractivity contribution < 1.29 is 14.3 Å². The van der Waals surface area contributed by atoms with Gasteiger partial charge in [0.1, 0.15) is 5.01 Å². The van der Waals surface area contributed by atoms with Gasteiger partial charge < -0.3 is 9.47 Å². The molecule has 3 rings (SSSR count). The highest BCUT2D eigenvalue weighted by Gasteiger charge is 2.14. The average Bonchev–Trinajstić information content (AvgIpc) is 3.17. The van der Waals surface area contributed by atoms with Crippen LogP contribution in [0.15, 0.2) is 48.5 Å². The van der Waals surface area contributed by atoms with Gasteiger partial charge in [0.25, 0.3) is 5.91 Å². The summed E-state index contributed by atoms with van der Waals surface area (Å²) in [7, 11) is 1.56. The summed E-state index contributed by atoms with van der Waals surface area (Å²) in [6.07, 6.45) is 0.951. The topological polar surface area (TPSA) is 73.3 Å². The molecule has 0 atom stereocenters. The SMILES string of the molecule is COc1cc(C(=O)Nc2nnc(-c3ccccc3)s2)ccc1OCCC(C)C. The molecule has 0 radical (unpaired) electrons. The molecule has 1 heterocycles. The average molecular weight is 398 g/mol. The van der Waals surface area contributed by atoms with Gasteiger partial charge in [-0.3, -0.25) is 10.1 Å². The third-order valence-electron chi connectivity index (χ3n) is 4.04. The van der Waals surface area contributed by atoms with Crippen LogP contribution in [0.4, 0.5) is 5.13 Å². The lowest BCUT2D eigenvalue weighted by molar-refractivity contribution is 0.102. The Morgan fingerprint density at radius 1 is 1.11 bits per heavy atom. The van der Waals surface area contributed by atoms with Crippen LogP contribution in [-0.2, 0) is 0 Å². The summed E-state index contributed by atoms with van der Waals surface area (Å²) in [4.78, 5) is 12.6. The van der Waals surface area contributed by atoms with Crippen molar-refractivity contribution in [2.75, 3.05) is 19.0 Å². The number of anilines is 1. The van der Waals surface area contributed by atoms with E-state index in [9.17, 15) is 4.79 Å². The fourth-order valence-corrected chi connectivity index (χ4v) is 3.22. The number of benzene rings is 2. The second kappa shape index (κ2) is 9.32. The summed E-state index contributed by atoms with van der Waals surface area (Å²) in [5.41, 5.74) is 1.43. The van der Waals surface area contributed by atoms with E-state index in [2.05, 4.69) is 29.4 Å². The maximum atomic E-state index is 12.6. The number of carbonyl (C=O) groups is 1. The molecule has 146 valence electrons. The van der Waals surface area contributed by atoms with Gasteiger partial charge in [-0.05, 0) is 30.5 Å². The van der Waals surface area contributed by atoms with Gasteiger partial charge in [0.05, 0.1) is 13.7 Å². The van der Waals surface area contributed by atoms with Gasteiger partial charge >= 0.3 is 0 Å². The second-order valence-electron chi connectivity index (χ2n) is 6.63. The number of hydrogen-bond acceptors (Lipinski definition) is 6. The number of nitrogens with one attached hydrogen (secondary N) is 1. The summed E-state index contributed by atoms with van der Waals surface area (Å²) in [5, 5.41) is 12.2. The second-order valence-corrected chi connectivity index (χ2v) is 7.61. The lowest BCUT2D eigenvalue weighted by Gasteiger charge is -2.12. The molecule has 6 nitrogen and oxygen atoms in total. The van der Waals surface area contributed by atoms with Crippen LogP contribution >= 0.6 is 11.3 Å². The highest BCUT2D eigenvalue weighted by Crippen LogP contribution is 2.30. The summed E-state index contributed by atoms with van der Waals surface area (Å²) in [6, 6.07) is 14.9. The first kappa shape index (κ1) is 19.8. The van der Waals surface area contributed by atoms with Crippen LogP contribution in [0, 0.1) is 5.92 Å². The number of aromatic nitrogens is 2. The molecule has 0 saturated heterocycles. The zero-order chi connectivity index (χ0) is 19.9. The molecule has 3 aromatic rings. The molecule has 7 heteroatoms. The van der Waals surface area contributed by atoms with Crippen LogP contribution in [0.2, 0.25) is 0 Å². The van der Waals surface area contributed by atoms with Gasteiger partial charge in [0, 0.05) is 11.1 Å². The van der Waals surface area contributed by atoms with E-state index >= 15 is 0 Å². The molecule has 2 aromatic carbocycles. The molecule has 0 saturated carbocycles. The van der Waals surface area contributed by atoms with Crippen LogP contribution in [0.25, 0.3) is 10.6 Å². The molecular weight excluding hydrogens is 374 g/mol. The summed E-state index contributed by atoms with van der Waals surface area (Å²) in [5.74, 6) is 1.44. The largest absolute Gasteiger partial charge is 0.493 e. The maximum Gasteiger partial charge on any atom is 0.257 e. The van der Waals surface area contributed by atoms with Crippen LogP contribution in [0.1, 0.15) is 30.6 Å². The number of amides is 1. The molecule has 0 aliphatic rings. The van der Waals surface area contributed by atoms with Crippen molar-refractivity contribution in [3.05, 3.63) is 54.1 Å². The summed E-state index contributed by atoms with van der Waals surface area (Å²) in [6.45, 7) is 4.89. The fraction of sp³-hybridized carbons (Fsp3) is 0.286. The normalized spacial score (nSPS) is 10.7. The third kappa shape index (κ3) is 5.07. The smallest absolute Gasteiger partial charge is 0.257 e. The van der Waals surface area contributed by atoms with Crippen molar-refractivity contribution >= 4 is 22.4 Å². The van der Waals surface area contributed by atoms with Crippen LogP contribution in [-0.4, -0.2) is 29.8 Å². The number of carbonyl (C=O) groups excluding carboxylic acids is 1. The molecular formula is C21H23N3O3S. The molecule has 28 heavy (non-hydrogen) atoms. The Balaban J connectivity index is 1.68. The van der Waals surface area contributed by atoms with E-state index in [1.165, 1.54) is 11.3 Å². The van der Waals surface area contributed by atoms with E-state index in [0.29, 0.717) is 34.7 Å². The Morgan fingerprint density at radius 3 is 2.61 bits per heavy atom. The minimum atomic E-state index is -0.275. The monoisotopic (exact) mass is 397 g/mol. The van der Waals surface area contributed by atoms with Crippen molar-refractivity contribution in [3.8, 4) is 22.1 Å². The quantitative estimate of drug-likeness (QED) is 0.586. The van der Waals surface area contributed by atoms with E-state index in [1.54, 1.807) is 25.3 Å². The van der Waals surface area contributed by atoms with Crippen LogP contribution < -0.4 is 14.8 Å². The molecule has 0 spiro atoms. The summed E-state index contributed by atoms with van der Waals surface area (Å²) >= 11 is 1.33. The summed E-state index contributed by atoms with van der Waals surface area (Å²) < 4.78 is 11.1. The van der Waals surface area contributed by atoms with Crippen molar-refractivity contribution in [2.24, 2.45) is 5.92 Å². The first-order chi connectivity index (χ1) is 13.6. The van der Waals surface area contributed by atoms with Gasteiger partial charge in [-0.1, -0.05) is 55.5 Å². The first-order valence-corrected chi connectivity index (χ1v) is 9.89. The highest BCUT2D eigenvalue weighted by atomic mass is 32.1. The van der Waals surface area contributed by atoms with E-state index in [4.69, 9.17) is 9.47 Å². The minimum Gasteiger partial charge on any atom is -0.493 e. The lowest BCUT2D eigenvalue weighted by atomic mass is 10.1. The van der Waals surface area contributed by atoms with Gasteiger partial charge in [0.15, 0.2) is 11.5 Å². The van der Waals surface area contributed by atoms with Gasteiger partial charge in [-0.15, -0.1) is 10.2 Å². The molecule has 0 fully saturated rings. The molecule has 0 aliphatic carbocycles. The van der Waals surface area contributed by atoms with Crippen molar-refractivity contribution in [1.29, 1.82) is 0 Å². The Kier molecular flexibility index (Phi) is 6.60. The number of ether oxygens (including phenoxy) is 2. The van der Waals surface area contributed by atoms with Crippen molar-refractivity contribution in [3.63, 3.8) is 0 Å². The third-order valence-corrected chi connectivity index (χ3v) is 4.93. The van der Waals surface area contributed by atoms with Gasteiger partial charge in [0.2, 0.25) is 5.13 Å². The molecule has 0 unspecified atom stereocenters. The fourth-order valence-electron chi connectivity index (χ4n) is 2.47. The number of nitrogens with zero attached hydrogens (tertiary/aromatic N) is 2. The van der Waals surface area contributed by atoms with E-state index in [1.807, 2.05) is 30.3 Å². The van der Waals surface area contributed by atoms with Crippen molar-refractivity contribution in [1.82, 2.24) is 10.2 Å². The Labute approximate surface area is 168 Å². The molecule has 1 amide bonds. The highest BCUT2D eigenvalue weighted by molar-refractivity contribution is 7.18. The van der Waals surface area contributed by atoms with Gasteiger partial charge in [-0.2, -0.15) is 0 Å². The van der Waals surface area contributed by atoms with Gasteiger partial charge in [-0.25, -0.2) is 0 Å². The standard InChI is InChI=1S/C21H23N3O3S/c1-14(2)11-12-27-17-10-9-16(13-18(17)26-3)19(25)22-21-24-23-20(28-21)15-7-5-4-6-8-15/h4-10,13-14H,11-12H2,1-3H3,(H,22,24,25). The van der Waals surface area contributed by atoms with Crippen molar-refractivity contribution in [2.45, 2.75) is 20.3 Å². The number of hydrogen-bond donors (Lipinski definition) is 1. The van der Waals surface area contributed by atoms with Crippen LogP contribution in [0.5, 0.6) is 11.5 Å². The predicted octanol–water partition coefficient (Wildman–Crippen LogP) is 4.89. The predicted molar refractivity (Wildman–Crippen MR) is 111 cm³/mol. The molecule has 1 N–H and O–H groups in total. The first-order valence-electron chi connectivity index (χ1n) is 9.08. The zero-order valence-corrected chi connectivity index (χ0v) is 17.0. The van der Waals surface area contributed by atoms with E-state index in [0.717, 1.165) is 17.0 Å². The minimum absolute atomic E-state index is 0.275. The Bertz CT molecular complexity index is 926. The lowest BCUT2D eigenvalue weighted by Crippen LogP contribution is -2.12. The molecule has 0 aliphatic heterocycles. The number of rotatable bonds is 8. The van der Waals surface area contributed by atoms with E-state index < -0.39 is 0 Å².